The van der Waals surface area contributed by atoms with Crippen molar-refractivity contribution in [1.29, 1.82) is 0 Å². The van der Waals surface area contributed by atoms with Crippen LogP contribution in [-0.4, -0.2) is 4.40 Å². The molecule has 0 saturated heterocycles. The van der Waals surface area contributed by atoms with Gasteiger partial charge in [-0.1, -0.05) is 0 Å². The molecule has 0 amide bonds. The Labute approximate surface area is 67.7 Å². The average Bonchev–Trinajstić information content (AvgIpc) is 2.34. The van der Waals surface area contributed by atoms with Gasteiger partial charge in [-0.05, 0) is 18.6 Å². The number of aromatic nitrogens is 1. The lowest BCUT2D eigenvalue weighted by Crippen LogP contribution is -2.10. The Morgan fingerprint density at radius 3 is 3.27 bits per heavy atom. The Morgan fingerprint density at radius 2 is 2.45 bits per heavy atom. The van der Waals surface area contributed by atoms with Crippen LogP contribution in [0.3, 0.4) is 0 Å². The van der Waals surface area contributed by atoms with E-state index in [9.17, 15) is 4.79 Å². The van der Waals surface area contributed by atoms with Gasteiger partial charge in [0.1, 0.15) is 4.83 Å². The fraction of sp³-hybridized carbons (Fsp3) is 0.125. The van der Waals surface area contributed by atoms with Crippen LogP contribution < -0.4 is 5.56 Å². The molecule has 0 unspecified atom stereocenters. The van der Waals surface area contributed by atoms with E-state index >= 15 is 0 Å². The Kier molecular flexibility index (Phi) is 1.32. The summed E-state index contributed by atoms with van der Waals surface area (Å²) < 4.78 is 1.59. The predicted molar refractivity (Wildman–Crippen MR) is 45.1 cm³/mol. The normalized spacial score (nSPS) is 10.6. The molecule has 0 aliphatic heterocycles. The summed E-state index contributed by atoms with van der Waals surface area (Å²) >= 11 is 1.56. The van der Waals surface area contributed by atoms with Crippen molar-refractivity contribution < 1.29 is 0 Å². The van der Waals surface area contributed by atoms with Crippen molar-refractivity contribution in [2.75, 3.05) is 0 Å². The first-order valence-corrected chi connectivity index (χ1v) is 4.14. The fourth-order valence-electron chi connectivity index (χ4n) is 1.01. The van der Waals surface area contributed by atoms with Crippen LogP contribution in [0.1, 0.15) is 5.56 Å². The van der Waals surface area contributed by atoms with Gasteiger partial charge in [0, 0.05) is 11.6 Å². The molecule has 0 saturated carbocycles. The van der Waals surface area contributed by atoms with E-state index in [0.29, 0.717) is 0 Å². The van der Waals surface area contributed by atoms with Gasteiger partial charge in [0.25, 0.3) is 5.56 Å². The zero-order chi connectivity index (χ0) is 7.84. The lowest BCUT2D eigenvalue weighted by molar-refractivity contribution is 1.11. The minimum atomic E-state index is -0.0683. The maximum Gasteiger partial charge on any atom is 0.264 e. The Bertz CT molecular complexity index is 441. The van der Waals surface area contributed by atoms with Gasteiger partial charge in [0.15, 0.2) is 0 Å². The van der Waals surface area contributed by atoms with E-state index in [-0.39, 0.29) is 5.56 Å². The van der Waals surface area contributed by atoms with Crippen LogP contribution in [0.5, 0.6) is 0 Å². The zero-order valence-electron chi connectivity index (χ0n) is 6.00. The van der Waals surface area contributed by atoms with Gasteiger partial charge in [-0.25, -0.2) is 0 Å². The topological polar surface area (TPSA) is 21.5 Å². The van der Waals surface area contributed by atoms with Gasteiger partial charge in [0.2, 0.25) is 0 Å². The molecule has 11 heavy (non-hydrogen) atoms. The molecule has 2 aromatic rings. The summed E-state index contributed by atoms with van der Waals surface area (Å²) in [6.45, 7) is 1.88. The van der Waals surface area contributed by atoms with Gasteiger partial charge >= 0.3 is 0 Å². The number of aryl methyl sites for hydroxylation is 1. The third-order valence-corrected chi connectivity index (χ3v) is 2.31. The molecule has 2 aromatic heterocycles. The van der Waals surface area contributed by atoms with Crippen molar-refractivity contribution >= 4 is 16.2 Å². The zero-order valence-corrected chi connectivity index (χ0v) is 6.81. The summed E-state index contributed by atoms with van der Waals surface area (Å²) in [5, 5.41) is 1.89. The molecule has 0 aromatic carbocycles. The molecule has 3 heteroatoms. The molecule has 0 atom stereocenters. The monoisotopic (exact) mass is 164 g/mol. The summed E-state index contributed by atoms with van der Waals surface area (Å²) in [5.74, 6) is 0. The van der Waals surface area contributed by atoms with Crippen LogP contribution in [0, 0.1) is 13.0 Å². The smallest absolute Gasteiger partial charge is 0.264 e. The standard InChI is InChI=1S/C8H6NOS/c1-6-4-7(10)9-2-3-11-8(9)5-6/h2-3,5H,1H3. The minimum Gasteiger partial charge on any atom is -0.274 e. The first-order valence-electron chi connectivity index (χ1n) is 3.26. The van der Waals surface area contributed by atoms with E-state index in [1.165, 1.54) is 0 Å². The first-order chi connectivity index (χ1) is 5.27. The molecule has 2 rings (SSSR count). The van der Waals surface area contributed by atoms with Crippen LogP contribution in [-0.2, 0) is 0 Å². The molecule has 0 fully saturated rings. The Morgan fingerprint density at radius 1 is 1.64 bits per heavy atom. The maximum absolute atomic E-state index is 11.2. The highest BCUT2D eigenvalue weighted by molar-refractivity contribution is 7.15. The molecule has 0 N–H and O–H groups in total. The van der Waals surface area contributed by atoms with Crippen molar-refractivity contribution in [2.45, 2.75) is 6.92 Å². The molecular formula is C8H6NOS. The highest BCUT2D eigenvalue weighted by Gasteiger charge is 1.96. The molecule has 0 aliphatic rings. The first kappa shape index (κ1) is 6.61. The number of hydrogen-bond acceptors (Lipinski definition) is 2. The summed E-state index contributed by atoms with van der Waals surface area (Å²) in [6.07, 6.45) is 1.76. The van der Waals surface area contributed by atoms with E-state index < -0.39 is 0 Å². The number of thiazole rings is 1. The van der Waals surface area contributed by atoms with Gasteiger partial charge in [-0.2, -0.15) is 0 Å². The maximum atomic E-state index is 11.2. The molecule has 55 valence electrons. The number of rotatable bonds is 0. The second kappa shape index (κ2) is 2.20. The average molecular weight is 164 g/mol. The Balaban J connectivity index is 3.02. The highest BCUT2D eigenvalue weighted by Crippen LogP contribution is 2.09. The third-order valence-electron chi connectivity index (χ3n) is 1.50. The molecule has 0 aliphatic carbocycles. The van der Waals surface area contributed by atoms with E-state index in [4.69, 9.17) is 0 Å². The quantitative estimate of drug-likeness (QED) is 0.577. The summed E-state index contributed by atoms with van der Waals surface area (Å²) in [5.41, 5.74) is 0.832. The van der Waals surface area contributed by atoms with E-state index in [2.05, 4.69) is 6.07 Å². The fourth-order valence-corrected chi connectivity index (χ4v) is 1.84. The number of hydrogen-bond donors (Lipinski definition) is 0. The van der Waals surface area contributed by atoms with Crippen LogP contribution in [0.2, 0.25) is 0 Å². The van der Waals surface area contributed by atoms with Crippen molar-refractivity contribution in [3.05, 3.63) is 39.6 Å². The van der Waals surface area contributed by atoms with Crippen molar-refractivity contribution in [2.24, 2.45) is 0 Å². The van der Waals surface area contributed by atoms with Crippen LogP contribution in [0.4, 0.5) is 0 Å². The second-order valence-electron chi connectivity index (χ2n) is 2.37. The van der Waals surface area contributed by atoms with Gasteiger partial charge < -0.3 is 0 Å². The molecular weight excluding hydrogens is 158 g/mol. The predicted octanol–water partition coefficient (Wildman–Crippen LogP) is 1.47. The molecule has 0 spiro atoms. The summed E-state index contributed by atoms with van der Waals surface area (Å²) in [7, 11) is 0. The second-order valence-corrected chi connectivity index (χ2v) is 3.29. The summed E-state index contributed by atoms with van der Waals surface area (Å²) in [4.78, 5) is 12.2. The number of fused-ring (bicyclic) bond motifs is 1. The third kappa shape index (κ3) is 0.973. The van der Waals surface area contributed by atoms with Gasteiger partial charge in [-0.15, -0.1) is 11.3 Å². The van der Waals surface area contributed by atoms with Crippen molar-refractivity contribution in [3.8, 4) is 0 Å². The molecule has 0 bridgehead atoms. The SMILES string of the molecule is Cc1[c]c(=O)n2ccsc2c1. The summed E-state index contributed by atoms with van der Waals surface area (Å²) in [6, 6.07) is 4.66. The van der Waals surface area contributed by atoms with E-state index in [1.807, 2.05) is 18.4 Å². The van der Waals surface area contributed by atoms with Crippen molar-refractivity contribution in [3.63, 3.8) is 0 Å². The Hall–Kier alpha value is -1.09. The van der Waals surface area contributed by atoms with Crippen LogP contribution in [0.25, 0.3) is 4.83 Å². The number of pyridine rings is 1. The van der Waals surface area contributed by atoms with E-state index in [1.54, 1.807) is 21.9 Å². The largest absolute Gasteiger partial charge is 0.274 e. The van der Waals surface area contributed by atoms with Crippen molar-refractivity contribution in [1.82, 2.24) is 4.40 Å². The lowest BCUT2D eigenvalue weighted by Gasteiger charge is -1.91. The van der Waals surface area contributed by atoms with Gasteiger partial charge in [-0.3, -0.25) is 9.20 Å². The van der Waals surface area contributed by atoms with Gasteiger partial charge in [0.05, 0.1) is 6.07 Å². The highest BCUT2D eigenvalue weighted by atomic mass is 32.1. The lowest BCUT2D eigenvalue weighted by atomic mass is 10.3. The number of nitrogens with zero attached hydrogens (tertiary/aromatic N) is 1. The molecule has 1 radical (unpaired) electrons. The molecule has 2 nitrogen and oxygen atoms in total. The minimum absolute atomic E-state index is 0.0683. The van der Waals surface area contributed by atoms with E-state index in [0.717, 1.165) is 10.4 Å². The molecule has 2 heterocycles. The van der Waals surface area contributed by atoms with Crippen LogP contribution >= 0.6 is 11.3 Å². The van der Waals surface area contributed by atoms with Crippen LogP contribution in [0.15, 0.2) is 22.4 Å².